The van der Waals surface area contributed by atoms with E-state index in [0.29, 0.717) is 6.04 Å². The van der Waals surface area contributed by atoms with Crippen LogP contribution in [0.5, 0.6) is 0 Å². The van der Waals surface area contributed by atoms with Crippen LogP contribution in [0.3, 0.4) is 0 Å². The van der Waals surface area contributed by atoms with Gasteiger partial charge in [-0.2, -0.15) is 0 Å². The molecule has 2 fully saturated rings. The summed E-state index contributed by atoms with van der Waals surface area (Å²) in [6, 6.07) is 8.24. The molecular weight excluding hydrogens is 278 g/mol. The van der Waals surface area contributed by atoms with E-state index in [4.69, 9.17) is 0 Å². The zero-order chi connectivity index (χ0) is 11.8. The molecule has 0 saturated heterocycles. The first-order chi connectivity index (χ1) is 8.25. The van der Waals surface area contributed by atoms with E-state index >= 15 is 0 Å². The van der Waals surface area contributed by atoms with Gasteiger partial charge in [-0.05, 0) is 59.7 Å². The number of amides is 1. The smallest absolute Gasteiger partial charge is 0.255 e. The van der Waals surface area contributed by atoms with Gasteiger partial charge in [0.15, 0.2) is 0 Å². The summed E-state index contributed by atoms with van der Waals surface area (Å²) in [6.45, 7) is 0.963. The summed E-state index contributed by atoms with van der Waals surface area (Å²) in [5.41, 5.74) is 0.806. The number of rotatable bonds is 4. The Morgan fingerprint density at radius 2 is 1.94 bits per heavy atom. The molecule has 0 bridgehead atoms. The Bertz CT molecular complexity index is 438. The van der Waals surface area contributed by atoms with E-state index < -0.39 is 0 Å². The van der Waals surface area contributed by atoms with Crippen LogP contribution in [0.25, 0.3) is 0 Å². The van der Waals surface area contributed by atoms with E-state index in [1.54, 1.807) is 0 Å². The third kappa shape index (κ3) is 2.54. The molecule has 1 aromatic carbocycles. The topological polar surface area (TPSA) is 20.3 Å². The Labute approximate surface area is 110 Å². The van der Waals surface area contributed by atoms with Crippen LogP contribution in [0.1, 0.15) is 36.0 Å². The van der Waals surface area contributed by atoms with Gasteiger partial charge in [0.1, 0.15) is 0 Å². The van der Waals surface area contributed by atoms with E-state index in [0.717, 1.165) is 22.5 Å². The average molecular weight is 294 g/mol. The lowest BCUT2D eigenvalue weighted by atomic mass is 10.2. The highest BCUT2D eigenvalue weighted by Gasteiger charge is 2.37. The zero-order valence-corrected chi connectivity index (χ0v) is 11.3. The van der Waals surface area contributed by atoms with Crippen molar-refractivity contribution < 1.29 is 4.79 Å². The molecule has 1 aromatic rings. The molecule has 2 aliphatic carbocycles. The number of halogens is 1. The Morgan fingerprint density at radius 3 is 2.53 bits per heavy atom. The fourth-order valence-electron chi connectivity index (χ4n) is 2.15. The van der Waals surface area contributed by atoms with Gasteiger partial charge in [-0.1, -0.05) is 12.1 Å². The third-order valence-corrected chi connectivity index (χ3v) is 4.20. The first kappa shape index (κ1) is 11.3. The van der Waals surface area contributed by atoms with E-state index in [-0.39, 0.29) is 5.91 Å². The second-order valence-electron chi connectivity index (χ2n) is 5.11. The fraction of sp³-hybridized carbons (Fsp3) is 0.500. The van der Waals surface area contributed by atoms with Gasteiger partial charge < -0.3 is 4.90 Å². The third-order valence-electron chi connectivity index (χ3n) is 3.50. The minimum atomic E-state index is 0.201. The highest BCUT2D eigenvalue weighted by atomic mass is 79.9. The predicted molar refractivity (Wildman–Crippen MR) is 70.9 cm³/mol. The molecule has 2 nitrogen and oxygen atoms in total. The number of hydrogen-bond acceptors (Lipinski definition) is 1. The molecule has 0 radical (unpaired) electrons. The molecule has 0 heterocycles. The molecular formula is C14H16BrNO. The first-order valence-corrected chi connectivity index (χ1v) is 7.10. The van der Waals surface area contributed by atoms with Crippen molar-refractivity contribution in [2.24, 2.45) is 5.92 Å². The number of carbonyl (C=O) groups is 1. The summed E-state index contributed by atoms with van der Waals surface area (Å²) >= 11 is 3.47. The summed E-state index contributed by atoms with van der Waals surface area (Å²) in [5, 5.41) is 0. The monoisotopic (exact) mass is 293 g/mol. The lowest BCUT2D eigenvalue weighted by Crippen LogP contribution is -2.35. The van der Waals surface area contributed by atoms with Crippen LogP contribution >= 0.6 is 15.9 Å². The van der Waals surface area contributed by atoms with E-state index in [9.17, 15) is 4.79 Å². The summed E-state index contributed by atoms with van der Waals surface area (Å²) < 4.78 is 0.909. The zero-order valence-electron chi connectivity index (χ0n) is 9.73. The molecule has 3 heteroatoms. The predicted octanol–water partition coefficient (Wildman–Crippen LogP) is 3.46. The van der Waals surface area contributed by atoms with Crippen LogP contribution in [0.4, 0.5) is 0 Å². The minimum Gasteiger partial charge on any atom is -0.335 e. The van der Waals surface area contributed by atoms with Crippen LogP contribution in [0.2, 0.25) is 0 Å². The second-order valence-corrected chi connectivity index (χ2v) is 5.97. The molecule has 0 unspecified atom stereocenters. The van der Waals surface area contributed by atoms with Gasteiger partial charge >= 0.3 is 0 Å². The fourth-order valence-corrected chi connectivity index (χ4v) is 2.61. The van der Waals surface area contributed by atoms with Crippen LogP contribution in [0, 0.1) is 5.92 Å². The molecule has 0 aliphatic heterocycles. The Morgan fingerprint density at radius 1 is 1.24 bits per heavy atom. The second kappa shape index (κ2) is 4.45. The number of hydrogen-bond donors (Lipinski definition) is 0. The van der Waals surface area contributed by atoms with Gasteiger partial charge in [-0.15, -0.1) is 0 Å². The maximum atomic E-state index is 12.5. The highest BCUT2D eigenvalue weighted by molar-refractivity contribution is 9.10. The van der Waals surface area contributed by atoms with Crippen molar-refractivity contribution >= 4 is 21.8 Å². The summed E-state index contributed by atoms with van der Waals surface area (Å²) in [4.78, 5) is 14.6. The molecule has 1 amide bonds. The minimum absolute atomic E-state index is 0.201. The summed E-state index contributed by atoms with van der Waals surface area (Å²) in [7, 11) is 0. The van der Waals surface area contributed by atoms with Gasteiger partial charge in [0.2, 0.25) is 0 Å². The highest BCUT2D eigenvalue weighted by Crippen LogP contribution is 2.36. The maximum Gasteiger partial charge on any atom is 0.255 e. The van der Waals surface area contributed by atoms with Gasteiger partial charge in [0, 0.05) is 17.1 Å². The number of benzene rings is 1. The van der Waals surface area contributed by atoms with Gasteiger partial charge in [-0.25, -0.2) is 0 Å². The summed E-state index contributed by atoms with van der Waals surface area (Å²) in [5.74, 6) is 0.967. The molecule has 17 heavy (non-hydrogen) atoms. The molecule has 90 valence electrons. The SMILES string of the molecule is O=C(c1ccccc1Br)N(CC1CC1)C1CC1. The van der Waals surface area contributed by atoms with E-state index in [1.807, 2.05) is 24.3 Å². The molecule has 2 aliphatic rings. The largest absolute Gasteiger partial charge is 0.335 e. The molecule has 2 saturated carbocycles. The first-order valence-electron chi connectivity index (χ1n) is 6.31. The lowest BCUT2D eigenvalue weighted by Gasteiger charge is -2.22. The van der Waals surface area contributed by atoms with Crippen molar-refractivity contribution in [3.05, 3.63) is 34.3 Å². The Balaban J connectivity index is 1.80. The van der Waals surface area contributed by atoms with Gasteiger partial charge in [-0.3, -0.25) is 4.79 Å². The van der Waals surface area contributed by atoms with Crippen LogP contribution in [-0.2, 0) is 0 Å². The number of carbonyl (C=O) groups excluding carboxylic acids is 1. The van der Waals surface area contributed by atoms with E-state index in [1.165, 1.54) is 25.7 Å². The van der Waals surface area contributed by atoms with Crippen molar-refractivity contribution in [2.75, 3.05) is 6.54 Å². The van der Waals surface area contributed by atoms with Crippen molar-refractivity contribution in [1.29, 1.82) is 0 Å². The molecule has 0 spiro atoms. The van der Waals surface area contributed by atoms with Crippen LogP contribution in [-0.4, -0.2) is 23.4 Å². The molecule has 0 aromatic heterocycles. The quantitative estimate of drug-likeness (QED) is 0.832. The van der Waals surface area contributed by atoms with Gasteiger partial charge in [0.25, 0.3) is 5.91 Å². The van der Waals surface area contributed by atoms with Gasteiger partial charge in [0.05, 0.1) is 5.56 Å². The van der Waals surface area contributed by atoms with Crippen LogP contribution < -0.4 is 0 Å². The Kier molecular flexibility index (Phi) is 2.95. The Hall–Kier alpha value is -0.830. The van der Waals surface area contributed by atoms with Crippen molar-refractivity contribution in [3.63, 3.8) is 0 Å². The van der Waals surface area contributed by atoms with Crippen molar-refractivity contribution in [1.82, 2.24) is 4.90 Å². The van der Waals surface area contributed by atoms with Crippen molar-refractivity contribution in [3.8, 4) is 0 Å². The van der Waals surface area contributed by atoms with Crippen LogP contribution in [0.15, 0.2) is 28.7 Å². The number of nitrogens with zero attached hydrogens (tertiary/aromatic N) is 1. The maximum absolute atomic E-state index is 12.5. The van der Waals surface area contributed by atoms with E-state index in [2.05, 4.69) is 20.8 Å². The average Bonchev–Trinajstić information content (AvgIpc) is 3.17. The summed E-state index contributed by atoms with van der Waals surface area (Å²) in [6.07, 6.45) is 4.96. The molecule has 0 atom stereocenters. The standard InChI is InChI=1S/C14H16BrNO/c15-13-4-2-1-3-12(13)14(17)16(11-7-8-11)9-10-5-6-10/h1-4,10-11H,5-9H2. The molecule has 0 N–H and O–H groups in total. The lowest BCUT2D eigenvalue weighted by molar-refractivity contribution is 0.0734. The normalized spacial score (nSPS) is 19.1. The molecule has 3 rings (SSSR count). The van der Waals surface area contributed by atoms with Crippen molar-refractivity contribution in [2.45, 2.75) is 31.7 Å².